The van der Waals surface area contributed by atoms with Crippen molar-refractivity contribution in [3.8, 4) is 0 Å². The summed E-state index contributed by atoms with van der Waals surface area (Å²) in [6, 6.07) is 4.99. The second-order valence-corrected chi connectivity index (χ2v) is 3.97. The van der Waals surface area contributed by atoms with Crippen LogP contribution >= 0.6 is 0 Å². The summed E-state index contributed by atoms with van der Waals surface area (Å²) in [5, 5.41) is 2.38. The molecule has 0 atom stereocenters. The van der Waals surface area contributed by atoms with Gasteiger partial charge in [-0.2, -0.15) is 0 Å². The molecule has 0 heterocycles. The Bertz CT molecular complexity index is 508. The quantitative estimate of drug-likeness (QED) is 0.696. The zero-order chi connectivity index (χ0) is 12.4. The molecule has 17 heavy (non-hydrogen) atoms. The van der Waals surface area contributed by atoms with Gasteiger partial charge in [-0.1, -0.05) is 0 Å². The number of benzene rings is 1. The van der Waals surface area contributed by atoms with Gasteiger partial charge in [0, 0.05) is 17.7 Å². The van der Waals surface area contributed by atoms with Crippen LogP contribution in [0.1, 0.15) is 28.8 Å². The van der Waals surface area contributed by atoms with Crippen LogP contribution in [0, 0.1) is 0 Å². The van der Waals surface area contributed by atoms with Crippen LogP contribution in [0.25, 0.3) is 0 Å². The van der Waals surface area contributed by atoms with Crippen LogP contribution in [-0.4, -0.2) is 17.6 Å². The number of fused-ring (bicyclic) bond motifs is 1. The molecule has 1 aliphatic rings. The molecule has 0 saturated heterocycles. The lowest BCUT2D eigenvalue weighted by Gasteiger charge is -2.15. The lowest BCUT2D eigenvalue weighted by molar-refractivity contribution is -0.134. The Hall–Kier alpha value is -2.17. The lowest BCUT2D eigenvalue weighted by Crippen LogP contribution is -2.29. The van der Waals surface area contributed by atoms with E-state index < -0.39 is 11.8 Å². The number of nitrogens with one attached hydrogen (secondary N) is 1. The van der Waals surface area contributed by atoms with Gasteiger partial charge in [0.05, 0.1) is 0 Å². The number of anilines is 1. The minimum atomic E-state index is -1.03. The van der Waals surface area contributed by atoms with Crippen molar-refractivity contribution in [1.29, 1.82) is 0 Å². The van der Waals surface area contributed by atoms with Gasteiger partial charge in [0.1, 0.15) is 0 Å². The molecule has 5 heteroatoms. The van der Waals surface area contributed by atoms with E-state index in [1.165, 1.54) is 0 Å². The molecule has 0 aromatic heterocycles. The first kappa shape index (κ1) is 11.3. The fourth-order valence-corrected chi connectivity index (χ4v) is 1.92. The topological polar surface area (TPSA) is 89.3 Å². The number of aryl methyl sites for hydroxylation is 1. The number of hydrogen-bond donors (Lipinski definition) is 2. The van der Waals surface area contributed by atoms with E-state index in [1.807, 2.05) is 0 Å². The monoisotopic (exact) mass is 232 g/mol. The SMILES string of the molecule is NC(=O)C(=O)Nc1ccc2c(c1)CCCC2=O. The van der Waals surface area contributed by atoms with Crippen LogP contribution in [0.15, 0.2) is 18.2 Å². The molecule has 0 bridgehead atoms. The zero-order valence-electron chi connectivity index (χ0n) is 9.16. The van der Waals surface area contributed by atoms with Crippen LogP contribution in [-0.2, 0) is 16.0 Å². The first-order chi connectivity index (χ1) is 8.08. The molecule has 1 aromatic rings. The smallest absolute Gasteiger partial charge is 0.313 e. The molecule has 1 aliphatic carbocycles. The Morgan fingerprint density at radius 3 is 2.71 bits per heavy atom. The van der Waals surface area contributed by atoms with Gasteiger partial charge in [-0.25, -0.2) is 0 Å². The van der Waals surface area contributed by atoms with E-state index in [9.17, 15) is 14.4 Å². The van der Waals surface area contributed by atoms with E-state index in [2.05, 4.69) is 5.32 Å². The highest BCUT2D eigenvalue weighted by Crippen LogP contribution is 2.24. The van der Waals surface area contributed by atoms with Crippen LogP contribution < -0.4 is 11.1 Å². The van der Waals surface area contributed by atoms with Gasteiger partial charge in [-0.15, -0.1) is 0 Å². The fraction of sp³-hybridized carbons (Fsp3) is 0.250. The highest BCUT2D eigenvalue weighted by molar-refractivity contribution is 6.39. The standard InChI is InChI=1S/C12H12N2O3/c13-11(16)12(17)14-8-4-5-9-7(6-8)2-1-3-10(9)15/h4-6H,1-3H2,(H2,13,16)(H,14,17). The predicted molar refractivity (Wildman–Crippen MR) is 61.5 cm³/mol. The van der Waals surface area contributed by atoms with Gasteiger partial charge in [0.15, 0.2) is 5.78 Å². The van der Waals surface area contributed by atoms with Gasteiger partial charge in [0.2, 0.25) is 0 Å². The predicted octanol–water partition coefficient (Wildman–Crippen LogP) is 0.629. The molecule has 0 fully saturated rings. The fourth-order valence-electron chi connectivity index (χ4n) is 1.92. The number of amides is 2. The summed E-state index contributed by atoms with van der Waals surface area (Å²) >= 11 is 0. The number of carbonyl (C=O) groups is 3. The average Bonchev–Trinajstić information content (AvgIpc) is 2.29. The number of carbonyl (C=O) groups excluding carboxylic acids is 3. The van der Waals surface area contributed by atoms with Crippen molar-refractivity contribution >= 4 is 23.3 Å². The number of nitrogens with two attached hydrogens (primary N) is 1. The van der Waals surface area contributed by atoms with Gasteiger partial charge in [0.25, 0.3) is 0 Å². The van der Waals surface area contributed by atoms with Gasteiger partial charge >= 0.3 is 11.8 Å². The van der Waals surface area contributed by atoms with E-state index in [0.29, 0.717) is 17.7 Å². The molecule has 0 radical (unpaired) electrons. The van der Waals surface area contributed by atoms with Crippen LogP contribution in [0.4, 0.5) is 5.69 Å². The molecule has 0 aliphatic heterocycles. The molecule has 2 rings (SSSR count). The number of hydrogen-bond acceptors (Lipinski definition) is 3. The zero-order valence-corrected chi connectivity index (χ0v) is 9.16. The van der Waals surface area contributed by atoms with Crippen molar-refractivity contribution < 1.29 is 14.4 Å². The average molecular weight is 232 g/mol. The maximum absolute atomic E-state index is 11.6. The summed E-state index contributed by atoms with van der Waals surface area (Å²) in [4.78, 5) is 33.3. The minimum absolute atomic E-state index is 0.124. The minimum Gasteiger partial charge on any atom is -0.361 e. The van der Waals surface area contributed by atoms with E-state index in [4.69, 9.17) is 5.73 Å². The molecular weight excluding hydrogens is 220 g/mol. The molecule has 2 amide bonds. The third kappa shape index (κ3) is 2.33. The molecule has 0 saturated carbocycles. The summed E-state index contributed by atoms with van der Waals surface area (Å²) in [6.07, 6.45) is 2.19. The van der Waals surface area contributed by atoms with Crippen molar-refractivity contribution in [3.63, 3.8) is 0 Å². The number of ketones is 1. The number of primary amides is 1. The number of Topliss-reactive ketones (excluding diaryl/α,β-unsaturated/α-hetero) is 1. The molecule has 3 N–H and O–H groups in total. The molecule has 0 spiro atoms. The summed E-state index contributed by atoms with van der Waals surface area (Å²) in [5.74, 6) is -1.76. The Morgan fingerprint density at radius 2 is 2.00 bits per heavy atom. The van der Waals surface area contributed by atoms with Crippen molar-refractivity contribution in [3.05, 3.63) is 29.3 Å². The van der Waals surface area contributed by atoms with Crippen LogP contribution in [0.5, 0.6) is 0 Å². The summed E-state index contributed by atoms with van der Waals surface area (Å²) in [7, 11) is 0. The Labute approximate surface area is 98.0 Å². The third-order valence-corrected chi connectivity index (χ3v) is 2.74. The van der Waals surface area contributed by atoms with Crippen molar-refractivity contribution in [2.24, 2.45) is 5.73 Å². The van der Waals surface area contributed by atoms with Crippen LogP contribution in [0.3, 0.4) is 0 Å². The van der Waals surface area contributed by atoms with Gasteiger partial charge in [-0.3, -0.25) is 14.4 Å². The Balaban J connectivity index is 2.25. The molecule has 1 aromatic carbocycles. The third-order valence-electron chi connectivity index (χ3n) is 2.74. The largest absolute Gasteiger partial charge is 0.361 e. The molecule has 0 unspecified atom stereocenters. The molecule has 5 nitrogen and oxygen atoms in total. The summed E-state index contributed by atoms with van der Waals surface area (Å²) < 4.78 is 0. The maximum Gasteiger partial charge on any atom is 0.313 e. The second-order valence-electron chi connectivity index (χ2n) is 3.97. The van der Waals surface area contributed by atoms with Gasteiger partial charge in [-0.05, 0) is 36.6 Å². The van der Waals surface area contributed by atoms with E-state index in [1.54, 1.807) is 18.2 Å². The van der Waals surface area contributed by atoms with Crippen molar-refractivity contribution in [1.82, 2.24) is 0 Å². The first-order valence-electron chi connectivity index (χ1n) is 5.35. The maximum atomic E-state index is 11.6. The highest BCUT2D eigenvalue weighted by atomic mass is 16.2. The second kappa shape index (κ2) is 4.37. The van der Waals surface area contributed by atoms with Crippen molar-refractivity contribution in [2.45, 2.75) is 19.3 Å². The normalized spacial score (nSPS) is 14.0. The molecule has 88 valence electrons. The van der Waals surface area contributed by atoms with Gasteiger partial charge < -0.3 is 11.1 Å². The van der Waals surface area contributed by atoms with Crippen molar-refractivity contribution in [2.75, 3.05) is 5.32 Å². The molecular formula is C12H12N2O3. The lowest BCUT2D eigenvalue weighted by atomic mass is 9.90. The van der Waals surface area contributed by atoms with E-state index >= 15 is 0 Å². The Kier molecular flexibility index (Phi) is 2.91. The van der Waals surface area contributed by atoms with Crippen LogP contribution in [0.2, 0.25) is 0 Å². The summed E-state index contributed by atoms with van der Waals surface area (Å²) in [6.45, 7) is 0. The van der Waals surface area contributed by atoms with E-state index in [0.717, 1.165) is 18.4 Å². The summed E-state index contributed by atoms with van der Waals surface area (Å²) in [5.41, 5.74) is 6.93. The number of rotatable bonds is 1. The Morgan fingerprint density at radius 1 is 1.24 bits per heavy atom. The highest BCUT2D eigenvalue weighted by Gasteiger charge is 2.17. The van der Waals surface area contributed by atoms with E-state index in [-0.39, 0.29) is 5.78 Å². The first-order valence-corrected chi connectivity index (χ1v) is 5.35.